The minimum absolute atomic E-state index is 0.168. The summed E-state index contributed by atoms with van der Waals surface area (Å²) in [6, 6.07) is 9.42. The van der Waals surface area contributed by atoms with Crippen molar-refractivity contribution in [3.63, 3.8) is 0 Å². The number of rotatable bonds is 6. The Kier molecular flexibility index (Phi) is 6.96. The van der Waals surface area contributed by atoms with E-state index in [-0.39, 0.29) is 23.0 Å². The van der Waals surface area contributed by atoms with E-state index in [1.54, 1.807) is 0 Å². The van der Waals surface area contributed by atoms with E-state index in [0.29, 0.717) is 22.2 Å². The van der Waals surface area contributed by atoms with Gasteiger partial charge in [-0.05, 0) is 12.0 Å². The lowest BCUT2D eigenvalue weighted by Crippen LogP contribution is -2.47. The summed E-state index contributed by atoms with van der Waals surface area (Å²) in [6.07, 6.45) is 1.08. The molecule has 1 heterocycles. The Morgan fingerprint density at radius 2 is 2.09 bits per heavy atom. The fourth-order valence-corrected chi connectivity index (χ4v) is 4.20. The molecule has 0 fully saturated rings. The molecular formula is C15H17Cl2NO2S2. The number of thioether (sulfide) groups is 1. The van der Waals surface area contributed by atoms with Crippen molar-refractivity contribution < 1.29 is 9.90 Å². The molecule has 0 aliphatic carbocycles. The van der Waals surface area contributed by atoms with Crippen LogP contribution in [0.3, 0.4) is 0 Å². The quantitative estimate of drug-likeness (QED) is 0.667. The van der Waals surface area contributed by atoms with E-state index in [1.807, 2.05) is 30.3 Å². The molecule has 3 nitrogen and oxygen atoms in total. The third-order valence-electron chi connectivity index (χ3n) is 3.39. The molecule has 1 aromatic rings. The van der Waals surface area contributed by atoms with E-state index in [4.69, 9.17) is 23.2 Å². The Hall–Kier alpha value is -0.330. The van der Waals surface area contributed by atoms with Gasteiger partial charge in [0.15, 0.2) is 0 Å². The van der Waals surface area contributed by atoms with Gasteiger partial charge in [0.05, 0.1) is 22.3 Å². The van der Waals surface area contributed by atoms with Gasteiger partial charge in [0.1, 0.15) is 0 Å². The average Bonchev–Trinajstić information content (AvgIpc) is 2.85. The second-order valence-electron chi connectivity index (χ2n) is 5.04. The molecule has 2 N–H and O–H groups in total. The number of aliphatic hydroxyl groups is 1. The van der Waals surface area contributed by atoms with Crippen LogP contribution in [0.1, 0.15) is 12.0 Å². The van der Waals surface area contributed by atoms with Crippen LogP contribution in [0.25, 0.3) is 0 Å². The van der Waals surface area contributed by atoms with Gasteiger partial charge in [-0.3, -0.25) is 4.79 Å². The molecule has 0 radical (unpaired) electrons. The Bertz CT molecular complexity index is 540. The molecular weight excluding hydrogens is 361 g/mol. The molecule has 22 heavy (non-hydrogen) atoms. The first-order valence-electron chi connectivity index (χ1n) is 6.85. The number of nitrogens with one attached hydrogen (secondary N) is 1. The number of halogens is 2. The van der Waals surface area contributed by atoms with Crippen molar-refractivity contribution in [3.05, 3.63) is 45.3 Å². The third kappa shape index (κ3) is 4.83. The highest BCUT2D eigenvalue weighted by Gasteiger charge is 2.31. The van der Waals surface area contributed by atoms with Crippen molar-refractivity contribution >= 4 is 53.5 Å². The number of aliphatic hydroxyl groups excluding tert-OH is 1. The lowest BCUT2D eigenvalue weighted by atomic mass is 10.0. The Morgan fingerprint density at radius 1 is 1.41 bits per heavy atom. The maximum Gasteiger partial charge on any atom is 0.234 e. The summed E-state index contributed by atoms with van der Waals surface area (Å²) in [4.78, 5) is 12.2. The maximum absolute atomic E-state index is 12.2. The van der Waals surface area contributed by atoms with Crippen LogP contribution in [0, 0.1) is 0 Å². The van der Waals surface area contributed by atoms with Crippen LogP contribution in [-0.4, -0.2) is 34.2 Å². The van der Waals surface area contributed by atoms with Crippen LogP contribution in [0.2, 0.25) is 0 Å². The number of amides is 1. The second kappa shape index (κ2) is 8.50. The topological polar surface area (TPSA) is 49.3 Å². The predicted molar refractivity (Wildman–Crippen MR) is 96.7 cm³/mol. The van der Waals surface area contributed by atoms with Gasteiger partial charge in [-0.15, -0.1) is 0 Å². The first-order valence-corrected chi connectivity index (χ1v) is 9.00. The molecule has 120 valence electrons. The highest BCUT2D eigenvalue weighted by Crippen LogP contribution is 2.42. The van der Waals surface area contributed by atoms with Gasteiger partial charge in [-0.2, -0.15) is 12.6 Å². The number of allylic oxidation sites excluding steroid dienone is 1. The molecule has 7 heteroatoms. The maximum atomic E-state index is 12.2. The first-order chi connectivity index (χ1) is 10.5. The predicted octanol–water partition coefficient (Wildman–Crippen LogP) is 3.16. The minimum Gasteiger partial charge on any atom is -0.394 e. The zero-order valence-corrected chi connectivity index (χ0v) is 14.9. The summed E-state index contributed by atoms with van der Waals surface area (Å²) in [5.41, 5.74) is 1.11. The van der Waals surface area contributed by atoms with E-state index in [1.165, 1.54) is 11.8 Å². The SMILES string of the molecule is O=C(NC(CO)C(S)Cc1ccccc1)C1CC(Cl)=C(Cl)S1. The van der Waals surface area contributed by atoms with Gasteiger partial charge in [-0.1, -0.05) is 65.3 Å². The average molecular weight is 378 g/mol. The summed E-state index contributed by atoms with van der Waals surface area (Å²) in [6.45, 7) is -0.168. The van der Waals surface area contributed by atoms with Crippen LogP contribution in [-0.2, 0) is 11.2 Å². The second-order valence-corrected chi connectivity index (χ2v) is 7.98. The summed E-state index contributed by atoms with van der Waals surface area (Å²) in [7, 11) is 0. The Morgan fingerprint density at radius 3 is 2.64 bits per heavy atom. The molecule has 1 aromatic carbocycles. The number of carbonyl (C=O) groups excluding carboxylic acids is 1. The van der Waals surface area contributed by atoms with Gasteiger partial charge in [-0.25, -0.2) is 0 Å². The van der Waals surface area contributed by atoms with Crippen LogP contribution in [0.4, 0.5) is 0 Å². The zero-order chi connectivity index (χ0) is 16.1. The summed E-state index contributed by atoms with van der Waals surface area (Å²) < 4.78 is 0.467. The first kappa shape index (κ1) is 18.0. The smallest absolute Gasteiger partial charge is 0.234 e. The fourth-order valence-electron chi connectivity index (χ4n) is 2.16. The number of hydrogen-bond acceptors (Lipinski definition) is 4. The van der Waals surface area contributed by atoms with E-state index >= 15 is 0 Å². The van der Waals surface area contributed by atoms with Crippen molar-refractivity contribution in [2.75, 3.05) is 6.61 Å². The van der Waals surface area contributed by atoms with Gasteiger partial charge in [0, 0.05) is 16.7 Å². The number of hydrogen-bond donors (Lipinski definition) is 3. The number of carbonyl (C=O) groups is 1. The van der Waals surface area contributed by atoms with Crippen molar-refractivity contribution in [1.29, 1.82) is 0 Å². The monoisotopic (exact) mass is 377 g/mol. The van der Waals surface area contributed by atoms with Crippen LogP contribution in [0.15, 0.2) is 39.7 Å². The van der Waals surface area contributed by atoms with E-state index in [0.717, 1.165) is 5.56 Å². The largest absolute Gasteiger partial charge is 0.394 e. The summed E-state index contributed by atoms with van der Waals surface area (Å²) >= 11 is 17.6. The molecule has 0 saturated carbocycles. The summed E-state index contributed by atoms with van der Waals surface area (Å²) in [5, 5.41) is 12.4. The van der Waals surface area contributed by atoms with Crippen molar-refractivity contribution in [2.24, 2.45) is 0 Å². The molecule has 3 unspecified atom stereocenters. The molecule has 2 rings (SSSR count). The molecule has 1 amide bonds. The Balaban J connectivity index is 1.90. The van der Waals surface area contributed by atoms with E-state index in [9.17, 15) is 9.90 Å². The highest BCUT2D eigenvalue weighted by molar-refractivity contribution is 8.06. The van der Waals surface area contributed by atoms with Gasteiger partial charge >= 0.3 is 0 Å². The molecule has 1 aliphatic heterocycles. The fraction of sp³-hybridized carbons (Fsp3) is 0.400. The third-order valence-corrected chi connectivity index (χ3v) is 6.10. The van der Waals surface area contributed by atoms with Crippen LogP contribution < -0.4 is 5.32 Å². The molecule has 1 aliphatic rings. The normalized spacial score (nSPS) is 20.8. The van der Waals surface area contributed by atoms with Crippen molar-refractivity contribution in [3.8, 4) is 0 Å². The number of thiol groups is 1. The van der Waals surface area contributed by atoms with Crippen molar-refractivity contribution in [1.82, 2.24) is 5.32 Å². The van der Waals surface area contributed by atoms with Crippen molar-refractivity contribution in [2.45, 2.75) is 29.4 Å². The van der Waals surface area contributed by atoms with E-state index < -0.39 is 6.04 Å². The standard InChI is InChI=1S/C15H17Cl2NO2S2/c16-10-7-13(22-14(10)17)15(20)18-11(8-19)12(21)6-9-4-2-1-3-5-9/h1-5,11-13,19,21H,6-8H2,(H,18,20). The van der Waals surface area contributed by atoms with Crippen LogP contribution in [0.5, 0.6) is 0 Å². The van der Waals surface area contributed by atoms with E-state index in [2.05, 4.69) is 17.9 Å². The summed E-state index contributed by atoms with van der Waals surface area (Å²) in [5.74, 6) is -0.176. The lowest BCUT2D eigenvalue weighted by molar-refractivity contribution is -0.121. The molecule has 0 spiro atoms. The Labute approximate surface area is 149 Å². The van der Waals surface area contributed by atoms with Gasteiger partial charge < -0.3 is 10.4 Å². The minimum atomic E-state index is -0.421. The molecule has 0 aromatic heterocycles. The highest BCUT2D eigenvalue weighted by atomic mass is 35.5. The molecule has 3 atom stereocenters. The van der Waals surface area contributed by atoms with Gasteiger partial charge in [0.2, 0.25) is 5.91 Å². The molecule has 0 bridgehead atoms. The van der Waals surface area contributed by atoms with Gasteiger partial charge in [0.25, 0.3) is 0 Å². The zero-order valence-electron chi connectivity index (χ0n) is 11.7. The number of benzene rings is 1. The molecule has 0 saturated heterocycles. The van der Waals surface area contributed by atoms with Crippen LogP contribution >= 0.6 is 47.6 Å². The lowest BCUT2D eigenvalue weighted by Gasteiger charge is -2.24.